The molecule has 0 radical (unpaired) electrons. The van der Waals surface area contributed by atoms with E-state index in [1.807, 2.05) is 25.1 Å². The van der Waals surface area contributed by atoms with E-state index in [-0.39, 0.29) is 18.6 Å². The van der Waals surface area contributed by atoms with E-state index in [0.717, 1.165) is 35.4 Å². The first-order chi connectivity index (χ1) is 10.5. The fourth-order valence-electron chi connectivity index (χ4n) is 2.94. The normalized spacial score (nSPS) is 15.5. The molecule has 1 heterocycles. The van der Waals surface area contributed by atoms with Crippen molar-refractivity contribution in [3.05, 3.63) is 35.9 Å². The van der Waals surface area contributed by atoms with E-state index in [4.69, 9.17) is 10.5 Å². The van der Waals surface area contributed by atoms with Gasteiger partial charge in [0.05, 0.1) is 5.69 Å². The minimum atomic E-state index is -0.0382. The lowest BCUT2D eigenvalue weighted by molar-refractivity contribution is -0.121. The molecule has 2 rings (SSSR count). The number of nitrogens with zero attached hydrogens (tertiary/aromatic N) is 1. The Morgan fingerprint density at radius 1 is 1.41 bits per heavy atom. The van der Waals surface area contributed by atoms with Crippen LogP contribution >= 0.6 is 0 Å². The van der Waals surface area contributed by atoms with Crippen LogP contribution in [-0.2, 0) is 4.79 Å². The monoisotopic (exact) mass is 302 g/mol. The minimum absolute atomic E-state index is 0.0241. The highest BCUT2D eigenvalue weighted by Crippen LogP contribution is 2.36. The molecule has 1 aromatic rings. The Labute approximate surface area is 132 Å². The second-order valence-corrected chi connectivity index (χ2v) is 6.06. The predicted octanol–water partition coefficient (Wildman–Crippen LogP) is 3.42. The van der Waals surface area contributed by atoms with Gasteiger partial charge >= 0.3 is 0 Å². The molecule has 1 aliphatic heterocycles. The van der Waals surface area contributed by atoms with Gasteiger partial charge in [-0.2, -0.15) is 0 Å². The van der Waals surface area contributed by atoms with Crippen LogP contribution in [0.5, 0.6) is 5.75 Å². The van der Waals surface area contributed by atoms with Crippen LogP contribution in [0, 0.1) is 5.92 Å². The number of rotatable bonds is 6. The molecule has 1 unspecified atom stereocenters. The third-order valence-corrected chi connectivity index (χ3v) is 4.30. The van der Waals surface area contributed by atoms with Gasteiger partial charge in [0.15, 0.2) is 6.61 Å². The van der Waals surface area contributed by atoms with Crippen LogP contribution in [0.1, 0.15) is 45.2 Å². The molecular weight excluding hydrogens is 276 g/mol. The molecule has 1 amide bonds. The summed E-state index contributed by atoms with van der Waals surface area (Å²) in [5.74, 6) is 1.14. The van der Waals surface area contributed by atoms with Crippen molar-refractivity contribution in [1.29, 1.82) is 0 Å². The van der Waals surface area contributed by atoms with Gasteiger partial charge < -0.3 is 15.4 Å². The second-order valence-electron chi connectivity index (χ2n) is 6.06. The Kier molecular flexibility index (Phi) is 5.24. The molecule has 0 saturated carbocycles. The number of hydrogen-bond donors (Lipinski definition) is 1. The summed E-state index contributed by atoms with van der Waals surface area (Å²) in [5, 5.41) is 0. The van der Waals surface area contributed by atoms with Crippen LogP contribution < -0.4 is 15.4 Å². The average molecular weight is 302 g/mol. The molecule has 0 spiro atoms. The predicted molar refractivity (Wildman–Crippen MR) is 90.1 cm³/mol. The molecule has 1 aromatic carbocycles. The Bertz CT molecular complexity index is 564. The standard InChI is InChI=1S/C18H26N2O2/c1-5-13(6-2)18(19)14-7-8-16-15(9-14)20(10-12(3)4)17(21)11-22-16/h7-9,13,18H,3,5-6,10-11,19H2,1-2,4H3. The average Bonchev–Trinajstić information content (AvgIpc) is 2.50. The molecule has 22 heavy (non-hydrogen) atoms. The second kappa shape index (κ2) is 6.97. The van der Waals surface area contributed by atoms with E-state index in [1.54, 1.807) is 4.90 Å². The Morgan fingerprint density at radius 3 is 2.68 bits per heavy atom. The lowest BCUT2D eigenvalue weighted by Gasteiger charge is -2.31. The lowest BCUT2D eigenvalue weighted by atomic mass is 9.89. The molecular formula is C18H26N2O2. The highest BCUT2D eigenvalue weighted by molar-refractivity contribution is 5.98. The SMILES string of the molecule is C=C(C)CN1C(=O)COc2ccc(C(N)C(CC)CC)cc21. The summed E-state index contributed by atoms with van der Waals surface area (Å²) in [4.78, 5) is 13.9. The zero-order chi connectivity index (χ0) is 16.3. The molecule has 0 saturated heterocycles. The topological polar surface area (TPSA) is 55.6 Å². The number of ether oxygens (including phenoxy) is 1. The van der Waals surface area contributed by atoms with E-state index in [9.17, 15) is 4.79 Å². The van der Waals surface area contributed by atoms with Gasteiger partial charge in [0.1, 0.15) is 5.75 Å². The first-order valence-corrected chi connectivity index (χ1v) is 7.95. The highest BCUT2D eigenvalue weighted by atomic mass is 16.5. The maximum absolute atomic E-state index is 12.1. The fraction of sp³-hybridized carbons (Fsp3) is 0.500. The maximum Gasteiger partial charge on any atom is 0.265 e. The number of hydrogen-bond acceptors (Lipinski definition) is 3. The van der Waals surface area contributed by atoms with E-state index in [2.05, 4.69) is 20.4 Å². The molecule has 0 fully saturated rings. The van der Waals surface area contributed by atoms with E-state index in [0.29, 0.717) is 12.5 Å². The molecule has 0 aromatic heterocycles. The smallest absolute Gasteiger partial charge is 0.265 e. The zero-order valence-corrected chi connectivity index (χ0v) is 13.8. The summed E-state index contributed by atoms with van der Waals surface area (Å²) in [6, 6.07) is 5.91. The summed E-state index contributed by atoms with van der Waals surface area (Å²) in [7, 11) is 0. The molecule has 4 nitrogen and oxygen atoms in total. The molecule has 0 aliphatic carbocycles. The van der Waals surface area contributed by atoms with E-state index < -0.39 is 0 Å². The Balaban J connectivity index is 2.37. The van der Waals surface area contributed by atoms with Gasteiger partial charge in [-0.1, -0.05) is 44.9 Å². The van der Waals surface area contributed by atoms with Gasteiger partial charge in [0, 0.05) is 12.6 Å². The molecule has 0 bridgehead atoms. The van der Waals surface area contributed by atoms with Gasteiger partial charge in [0.2, 0.25) is 0 Å². The number of anilines is 1. The summed E-state index contributed by atoms with van der Waals surface area (Å²) < 4.78 is 5.53. The van der Waals surface area contributed by atoms with E-state index in [1.165, 1.54) is 0 Å². The first kappa shape index (κ1) is 16.6. The van der Waals surface area contributed by atoms with Crippen molar-refractivity contribution in [2.75, 3.05) is 18.1 Å². The number of carbonyl (C=O) groups is 1. The van der Waals surface area contributed by atoms with Gasteiger partial charge in [-0.3, -0.25) is 4.79 Å². The number of nitrogens with two attached hydrogens (primary N) is 1. The third kappa shape index (κ3) is 3.33. The number of amides is 1. The van der Waals surface area contributed by atoms with Crippen LogP contribution in [0.4, 0.5) is 5.69 Å². The van der Waals surface area contributed by atoms with Crippen LogP contribution in [0.15, 0.2) is 30.4 Å². The fourth-order valence-corrected chi connectivity index (χ4v) is 2.94. The van der Waals surface area contributed by atoms with E-state index >= 15 is 0 Å². The maximum atomic E-state index is 12.1. The lowest BCUT2D eigenvalue weighted by Crippen LogP contribution is -2.39. The minimum Gasteiger partial charge on any atom is -0.482 e. The molecule has 4 heteroatoms. The molecule has 2 N–H and O–H groups in total. The van der Waals surface area contributed by atoms with Gasteiger partial charge in [-0.25, -0.2) is 0 Å². The Morgan fingerprint density at radius 2 is 2.09 bits per heavy atom. The number of carbonyl (C=O) groups excluding carboxylic acids is 1. The van der Waals surface area contributed by atoms with Crippen LogP contribution in [0.3, 0.4) is 0 Å². The summed E-state index contributed by atoms with van der Waals surface area (Å²) >= 11 is 0. The summed E-state index contributed by atoms with van der Waals surface area (Å²) in [5.41, 5.74) is 9.21. The third-order valence-electron chi connectivity index (χ3n) is 4.30. The summed E-state index contributed by atoms with van der Waals surface area (Å²) in [6.07, 6.45) is 2.08. The number of benzene rings is 1. The van der Waals surface area contributed by atoms with Crippen LogP contribution in [-0.4, -0.2) is 19.1 Å². The van der Waals surface area contributed by atoms with Crippen molar-refractivity contribution in [3.63, 3.8) is 0 Å². The van der Waals surface area contributed by atoms with Crippen LogP contribution in [0.25, 0.3) is 0 Å². The van der Waals surface area contributed by atoms with Crippen LogP contribution in [0.2, 0.25) is 0 Å². The highest BCUT2D eigenvalue weighted by Gasteiger charge is 2.27. The largest absolute Gasteiger partial charge is 0.482 e. The quantitative estimate of drug-likeness (QED) is 0.819. The molecule has 1 atom stereocenters. The van der Waals surface area contributed by atoms with Gasteiger partial charge in [-0.05, 0) is 30.5 Å². The van der Waals surface area contributed by atoms with Crippen molar-refractivity contribution in [1.82, 2.24) is 0 Å². The van der Waals surface area contributed by atoms with Crippen molar-refractivity contribution >= 4 is 11.6 Å². The van der Waals surface area contributed by atoms with Crippen molar-refractivity contribution in [2.45, 2.75) is 39.7 Å². The number of fused-ring (bicyclic) bond motifs is 1. The van der Waals surface area contributed by atoms with Crippen molar-refractivity contribution < 1.29 is 9.53 Å². The molecule has 1 aliphatic rings. The Hall–Kier alpha value is -1.81. The molecule has 120 valence electrons. The van der Waals surface area contributed by atoms with Gasteiger partial charge in [0.25, 0.3) is 5.91 Å². The van der Waals surface area contributed by atoms with Crippen molar-refractivity contribution in [2.24, 2.45) is 11.7 Å². The van der Waals surface area contributed by atoms with Crippen molar-refractivity contribution in [3.8, 4) is 5.75 Å². The van der Waals surface area contributed by atoms with Gasteiger partial charge in [-0.15, -0.1) is 0 Å². The summed E-state index contributed by atoms with van der Waals surface area (Å²) in [6.45, 7) is 10.7. The first-order valence-electron chi connectivity index (χ1n) is 7.95. The zero-order valence-electron chi connectivity index (χ0n) is 13.8.